The molecule has 1 amide bonds. The number of carbonyl (C=O) groups is 4. The van der Waals surface area contributed by atoms with E-state index in [1.165, 1.54) is 25.8 Å². The molecule has 136 valence electrons. The van der Waals surface area contributed by atoms with E-state index in [9.17, 15) is 19.2 Å². The van der Waals surface area contributed by atoms with Gasteiger partial charge in [-0.3, -0.25) is 14.4 Å². The minimum atomic E-state index is -1.62. The maximum Gasteiger partial charge on any atom is 0.410 e. The van der Waals surface area contributed by atoms with E-state index in [1.807, 2.05) is 0 Å². The molecule has 24 heavy (non-hydrogen) atoms. The zero-order valence-electron chi connectivity index (χ0n) is 15.2. The number of ether oxygens (including phenoxy) is 3. The second kappa shape index (κ2) is 6.78. The normalized spacial score (nSPS) is 19.1. The lowest BCUT2D eigenvalue weighted by Crippen LogP contribution is -2.50. The van der Waals surface area contributed by atoms with Gasteiger partial charge in [0.2, 0.25) is 5.92 Å². The molecule has 1 rings (SSSR count). The first-order valence-electron chi connectivity index (χ1n) is 7.68. The van der Waals surface area contributed by atoms with E-state index in [4.69, 9.17) is 14.2 Å². The van der Waals surface area contributed by atoms with Gasteiger partial charge in [0.25, 0.3) is 5.79 Å². The molecule has 1 fully saturated rings. The number of cyclic esters (lactones) is 2. The van der Waals surface area contributed by atoms with E-state index >= 15 is 0 Å². The zero-order chi connectivity index (χ0) is 18.9. The lowest BCUT2D eigenvalue weighted by atomic mass is 9.97. The summed E-state index contributed by atoms with van der Waals surface area (Å²) in [7, 11) is 1.48. The van der Waals surface area contributed by atoms with Crippen molar-refractivity contribution < 1.29 is 33.4 Å². The highest BCUT2D eigenvalue weighted by atomic mass is 16.7. The fourth-order valence-electron chi connectivity index (χ4n) is 2.04. The predicted molar refractivity (Wildman–Crippen MR) is 82.8 cm³/mol. The molecule has 0 N–H and O–H groups in total. The molecule has 8 nitrogen and oxygen atoms in total. The summed E-state index contributed by atoms with van der Waals surface area (Å²) >= 11 is 0. The van der Waals surface area contributed by atoms with Crippen LogP contribution in [0.4, 0.5) is 4.79 Å². The molecule has 0 aliphatic carbocycles. The highest BCUT2D eigenvalue weighted by molar-refractivity contribution is 6.16. The van der Waals surface area contributed by atoms with Gasteiger partial charge in [-0.15, -0.1) is 0 Å². The van der Waals surface area contributed by atoms with Gasteiger partial charge >= 0.3 is 18.0 Å². The molecule has 0 aromatic heterocycles. The number of esters is 2. The molecule has 1 aliphatic rings. The summed E-state index contributed by atoms with van der Waals surface area (Å²) < 4.78 is 15.1. The predicted octanol–water partition coefficient (Wildman–Crippen LogP) is 1.65. The average molecular weight is 343 g/mol. The van der Waals surface area contributed by atoms with Crippen molar-refractivity contribution in [3.63, 3.8) is 0 Å². The molecular weight excluding hydrogens is 318 g/mol. The van der Waals surface area contributed by atoms with Gasteiger partial charge in [0.1, 0.15) is 5.60 Å². The van der Waals surface area contributed by atoms with Gasteiger partial charge in [0, 0.05) is 33.4 Å². The smallest absolute Gasteiger partial charge is 0.410 e. The molecule has 0 bridgehead atoms. The molecule has 0 spiro atoms. The fourth-order valence-corrected chi connectivity index (χ4v) is 2.04. The summed E-state index contributed by atoms with van der Waals surface area (Å²) in [5, 5.41) is 0. The molecule has 0 radical (unpaired) electrons. The summed E-state index contributed by atoms with van der Waals surface area (Å²) in [4.78, 5) is 49.3. The number of rotatable bonds is 4. The topological polar surface area (TPSA) is 99.2 Å². The first kappa shape index (κ1) is 19.9. The minimum absolute atomic E-state index is 0.203. The molecule has 0 aromatic carbocycles. The number of hydrogen-bond acceptors (Lipinski definition) is 7. The Balaban J connectivity index is 2.71. The Kier molecular flexibility index (Phi) is 5.63. The highest BCUT2D eigenvalue weighted by Gasteiger charge is 2.47. The number of carbonyl (C=O) groups excluding carboxylic acids is 4. The standard InChI is InChI=1S/C16H25NO7/c1-9(17(7)14(21)24-15(2,3)4)8-10(18)11-12(19)22-16(5,6)23-13(11)20/h9,11H,8H2,1-7H3. The molecule has 0 saturated carbocycles. The van der Waals surface area contributed by atoms with Crippen LogP contribution in [0.25, 0.3) is 0 Å². The number of nitrogens with zero attached hydrogens (tertiary/aromatic N) is 1. The third-order valence-electron chi connectivity index (χ3n) is 3.33. The van der Waals surface area contributed by atoms with Crippen LogP contribution in [0.15, 0.2) is 0 Å². The lowest BCUT2D eigenvalue weighted by molar-refractivity contribution is -0.238. The first-order chi connectivity index (χ1) is 10.7. The fraction of sp³-hybridized carbons (Fsp3) is 0.750. The molecule has 1 aliphatic heterocycles. The van der Waals surface area contributed by atoms with Crippen molar-refractivity contribution in [2.75, 3.05) is 7.05 Å². The number of amides is 1. The molecule has 1 unspecified atom stereocenters. The average Bonchev–Trinajstić information content (AvgIpc) is 2.32. The van der Waals surface area contributed by atoms with Crippen LogP contribution in [0.2, 0.25) is 0 Å². The van der Waals surface area contributed by atoms with Crippen LogP contribution in [0.3, 0.4) is 0 Å². The van der Waals surface area contributed by atoms with Gasteiger partial charge in [-0.05, 0) is 27.7 Å². The summed E-state index contributed by atoms with van der Waals surface area (Å²) in [6, 6.07) is -0.567. The lowest BCUT2D eigenvalue weighted by Gasteiger charge is -2.33. The summed E-state index contributed by atoms with van der Waals surface area (Å²) in [6.07, 6.45) is -0.803. The Morgan fingerprint density at radius 2 is 1.67 bits per heavy atom. The highest BCUT2D eigenvalue weighted by Crippen LogP contribution is 2.25. The van der Waals surface area contributed by atoms with Crippen molar-refractivity contribution in [3.05, 3.63) is 0 Å². The van der Waals surface area contributed by atoms with E-state index in [0.29, 0.717) is 0 Å². The first-order valence-corrected chi connectivity index (χ1v) is 7.68. The minimum Gasteiger partial charge on any atom is -0.444 e. The van der Waals surface area contributed by atoms with Crippen molar-refractivity contribution in [1.29, 1.82) is 0 Å². The summed E-state index contributed by atoms with van der Waals surface area (Å²) in [5.41, 5.74) is -0.669. The van der Waals surface area contributed by atoms with Crippen molar-refractivity contribution in [1.82, 2.24) is 4.90 Å². The van der Waals surface area contributed by atoms with Crippen molar-refractivity contribution in [3.8, 4) is 0 Å². The van der Waals surface area contributed by atoms with Gasteiger partial charge in [-0.1, -0.05) is 0 Å². The van der Waals surface area contributed by atoms with E-state index in [1.54, 1.807) is 27.7 Å². The van der Waals surface area contributed by atoms with Crippen LogP contribution in [0.1, 0.15) is 48.0 Å². The quantitative estimate of drug-likeness (QED) is 0.565. The van der Waals surface area contributed by atoms with Crippen LogP contribution < -0.4 is 0 Å². The van der Waals surface area contributed by atoms with Crippen molar-refractivity contribution in [2.24, 2.45) is 5.92 Å². The Labute approximate surface area is 141 Å². The van der Waals surface area contributed by atoms with Gasteiger partial charge < -0.3 is 19.1 Å². The van der Waals surface area contributed by atoms with Crippen LogP contribution in [0, 0.1) is 5.92 Å². The van der Waals surface area contributed by atoms with Gasteiger partial charge in [-0.2, -0.15) is 0 Å². The van der Waals surface area contributed by atoms with E-state index in [0.717, 1.165) is 0 Å². The maximum absolute atomic E-state index is 12.3. The molecule has 0 aromatic rings. The van der Waals surface area contributed by atoms with Crippen molar-refractivity contribution in [2.45, 2.75) is 65.4 Å². The van der Waals surface area contributed by atoms with E-state index in [2.05, 4.69) is 0 Å². The summed E-state index contributed by atoms with van der Waals surface area (Å²) in [5.74, 6) is -5.54. The molecule has 1 heterocycles. The Morgan fingerprint density at radius 3 is 2.08 bits per heavy atom. The maximum atomic E-state index is 12.3. The van der Waals surface area contributed by atoms with E-state index < -0.39 is 47.2 Å². The van der Waals surface area contributed by atoms with Crippen molar-refractivity contribution >= 4 is 23.8 Å². The van der Waals surface area contributed by atoms with Crippen LogP contribution >= 0.6 is 0 Å². The molecule has 1 saturated heterocycles. The molecule has 1 atom stereocenters. The Hall–Kier alpha value is -2.12. The monoisotopic (exact) mass is 343 g/mol. The second-order valence-corrected chi connectivity index (χ2v) is 7.29. The molecular formula is C16H25NO7. The molecule has 8 heteroatoms. The third kappa shape index (κ3) is 5.21. The van der Waals surface area contributed by atoms with Crippen LogP contribution in [0.5, 0.6) is 0 Å². The van der Waals surface area contributed by atoms with E-state index in [-0.39, 0.29) is 6.42 Å². The third-order valence-corrected chi connectivity index (χ3v) is 3.33. The second-order valence-electron chi connectivity index (χ2n) is 7.29. The van der Waals surface area contributed by atoms with Crippen LogP contribution in [-0.2, 0) is 28.6 Å². The SMILES string of the molecule is CC(CC(=O)C1C(=O)OC(C)(C)OC1=O)N(C)C(=O)OC(C)(C)C. The Bertz CT molecular complexity index is 527. The van der Waals surface area contributed by atoms with Gasteiger partial charge in [0.15, 0.2) is 5.78 Å². The Morgan fingerprint density at radius 1 is 1.21 bits per heavy atom. The number of Topliss-reactive ketones (excluding diaryl/α,β-unsaturated/α-hetero) is 1. The largest absolute Gasteiger partial charge is 0.444 e. The van der Waals surface area contributed by atoms with Gasteiger partial charge in [0.05, 0.1) is 0 Å². The van der Waals surface area contributed by atoms with Crippen LogP contribution in [-0.4, -0.2) is 53.2 Å². The number of ketones is 1. The van der Waals surface area contributed by atoms with Gasteiger partial charge in [-0.25, -0.2) is 4.79 Å². The zero-order valence-corrected chi connectivity index (χ0v) is 15.2. The number of hydrogen-bond donors (Lipinski definition) is 0. The summed E-state index contributed by atoms with van der Waals surface area (Å²) in [6.45, 7) is 9.61.